The number of hydrogen-bond donors (Lipinski definition) is 0. The first kappa shape index (κ1) is 8.65. The molecule has 0 aromatic carbocycles. The summed E-state index contributed by atoms with van der Waals surface area (Å²) in [5.74, 6) is 0. The van der Waals surface area contributed by atoms with Crippen molar-refractivity contribution in [1.29, 1.82) is 0 Å². The Morgan fingerprint density at radius 3 is 2.38 bits per heavy atom. The second kappa shape index (κ2) is 4.52. The van der Waals surface area contributed by atoms with Crippen molar-refractivity contribution >= 4 is 26.6 Å². The van der Waals surface area contributed by atoms with Crippen LogP contribution in [0.3, 0.4) is 0 Å². The summed E-state index contributed by atoms with van der Waals surface area (Å²) in [6.45, 7) is 6.88. The highest BCUT2D eigenvalue weighted by atomic mass is 29.5. The lowest BCUT2D eigenvalue weighted by molar-refractivity contribution is 0.873. The highest BCUT2D eigenvalue weighted by molar-refractivity contribution is 7.35. The van der Waals surface area contributed by atoms with E-state index in [2.05, 4.69) is 30.2 Å². The summed E-state index contributed by atoms with van der Waals surface area (Å²) in [5.41, 5.74) is 0.944. The molecular weight excluding hydrogens is 144 g/mol. The maximum Gasteiger partial charge on any atom is 0.0214 e. The predicted molar refractivity (Wildman–Crippen MR) is 42.8 cm³/mol. The van der Waals surface area contributed by atoms with Gasteiger partial charge in [0.05, 0.1) is 0 Å². The quantitative estimate of drug-likeness (QED) is 0.539. The molecule has 1 unspecified atom stereocenters. The molecule has 0 nitrogen and oxygen atoms in total. The topological polar surface area (TPSA) is 0 Å². The van der Waals surface area contributed by atoms with E-state index in [1.165, 1.54) is 6.42 Å². The van der Waals surface area contributed by atoms with Crippen LogP contribution in [0, 0.1) is 0 Å². The molecule has 0 N–H and O–H groups in total. The Hall–Kier alpha value is 0.651. The molecule has 0 saturated heterocycles. The molecule has 0 aliphatic heterocycles. The van der Waals surface area contributed by atoms with E-state index in [0.29, 0.717) is 0 Å². The van der Waals surface area contributed by atoms with Gasteiger partial charge in [0.2, 0.25) is 0 Å². The molecule has 44 valence electrons. The van der Waals surface area contributed by atoms with Crippen LogP contribution in [-0.4, -0.2) is 26.6 Å². The lowest BCUT2D eigenvalue weighted by Crippen LogP contribution is -2.25. The van der Waals surface area contributed by atoms with Gasteiger partial charge in [-0.3, -0.25) is 0 Å². The smallest absolute Gasteiger partial charge is 0.0214 e. The van der Waals surface area contributed by atoms with Crippen LogP contribution in [0.5, 0.6) is 0 Å². The SMILES string of the molecule is CCC(C)[Si]([Si])[Si]C. The van der Waals surface area contributed by atoms with Crippen LogP contribution < -0.4 is 0 Å². The zero-order chi connectivity index (χ0) is 6.57. The van der Waals surface area contributed by atoms with E-state index < -0.39 is 0 Å². The zero-order valence-electron chi connectivity index (χ0n) is 5.78. The Morgan fingerprint density at radius 2 is 2.25 bits per heavy atom. The van der Waals surface area contributed by atoms with E-state index in [0.717, 1.165) is 14.6 Å². The molecular formula is C5H12Si3. The first-order chi connectivity index (χ1) is 3.72. The van der Waals surface area contributed by atoms with E-state index in [4.69, 9.17) is 0 Å². The van der Waals surface area contributed by atoms with Gasteiger partial charge in [0.1, 0.15) is 0 Å². The van der Waals surface area contributed by atoms with Crippen LogP contribution in [0.25, 0.3) is 0 Å². The van der Waals surface area contributed by atoms with Crippen molar-refractivity contribution in [2.75, 3.05) is 0 Å². The molecule has 0 heterocycles. The molecule has 0 amide bonds. The minimum atomic E-state index is -0.124. The van der Waals surface area contributed by atoms with E-state index in [1.807, 2.05) is 0 Å². The van der Waals surface area contributed by atoms with Gasteiger partial charge >= 0.3 is 0 Å². The van der Waals surface area contributed by atoms with Gasteiger partial charge in [-0.15, -0.1) is 0 Å². The largest absolute Gasteiger partial charge is 0.0759 e. The third-order valence-electron chi connectivity index (χ3n) is 1.37. The molecule has 1 atom stereocenters. The molecule has 0 aromatic heterocycles. The highest BCUT2D eigenvalue weighted by Gasteiger charge is 2.08. The molecule has 0 saturated carbocycles. The summed E-state index contributed by atoms with van der Waals surface area (Å²) in [6, 6.07) is 0. The molecule has 0 rings (SSSR count). The molecule has 0 aromatic rings. The van der Waals surface area contributed by atoms with Gasteiger partial charge in [-0.25, -0.2) is 0 Å². The van der Waals surface area contributed by atoms with Crippen molar-refractivity contribution in [3.63, 3.8) is 0 Å². The number of rotatable bonds is 3. The van der Waals surface area contributed by atoms with Crippen molar-refractivity contribution in [3.05, 3.63) is 0 Å². The standard InChI is InChI=1S/C5H12Si3/c1-4-5(2)8(6)7-3/h5H,4H2,1-3H3. The molecule has 3 heteroatoms. The van der Waals surface area contributed by atoms with E-state index >= 15 is 0 Å². The first-order valence-corrected chi connectivity index (χ1v) is 8.56. The molecule has 0 fully saturated rings. The normalized spacial score (nSPS) is 14.6. The Balaban J connectivity index is 3.29. The van der Waals surface area contributed by atoms with Crippen LogP contribution >= 0.6 is 0 Å². The van der Waals surface area contributed by atoms with Gasteiger partial charge in [-0.2, -0.15) is 0 Å². The summed E-state index contributed by atoms with van der Waals surface area (Å²) in [6.07, 6.45) is 1.33. The Kier molecular flexibility index (Phi) is 4.89. The molecule has 0 aliphatic carbocycles. The van der Waals surface area contributed by atoms with Gasteiger partial charge in [0, 0.05) is 26.6 Å². The van der Waals surface area contributed by atoms with Gasteiger partial charge in [0.15, 0.2) is 0 Å². The Labute approximate surface area is 59.5 Å². The average Bonchev–Trinajstić information content (AvgIpc) is 1.84. The molecule has 0 spiro atoms. The van der Waals surface area contributed by atoms with E-state index in [9.17, 15) is 0 Å². The predicted octanol–water partition coefficient (Wildman–Crippen LogP) is 1.20. The maximum absolute atomic E-state index is 3.76. The molecule has 6 radical (unpaired) electrons. The summed E-state index contributed by atoms with van der Waals surface area (Å²) >= 11 is 0. The first-order valence-electron chi connectivity index (χ1n) is 2.98. The van der Waals surface area contributed by atoms with Crippen molar-refractivity contribution in [2.45, 2.75) is 32.4 Å². The van der Waals surface area contributed by atoms with Crippen LogP contribution in [0.1, 0.15) is 20.3 Å². The van der Waals surface area contributed by atoms with E-state index in [1.54, 1.807) is 0 Å². The fourth-order valence-corrected chi connectivity index (χ4v) is 4.05. The van der Waals surface area contributed by atoms with Gasteiger partial charge in [-0.1, -0.05) is 32.4 Å². The molecule has 0 bridgehead atoms. The molecule has 8 heavy (non-hydrogen) atoms. The van der Waals surface area contributed by atoms with Gasteiger partial charge in [-0.05, 0) is 0 Å². The van der Waals surface area contributed by atoms with Crippen molar-refractivity contribution in [2.24, 2.45) is 0 Å². The third kappa shape index (κ3) is 2.84. The van der Waals surface area contributed by atoms with Gasteiger partial charge in [0.25, 0.3) is 0 Å². The lowest BCUT2D eigenvalue weighted by Gasteiger charge is -2.12. The fraction of sp³-hybridized carbons (Fsp3) is 1.00. The minimum Gasteiger partial charge on any atom is -0.0759 e. The summed E-state index contributed by atoms with van der Waals surface area (Å²) in [5, 5.41) is 0. The molecule has 0 aliphatic rings. The Morgan fingerprint density at radius 1 is 1.75 bits per heavy atom. The summed E-state index contributed by atoms with van der Waals surface area (Å²) in [7, 11) is 4.77. The lowest BCUT2D eigenvalue weighted by atomic mass is 10.4. The van der Waals surface area contributed by atoms with Crippen molar-refractivity contribution < 1.29 is 0 Å². The second-order valence-electron chi connectivity index (χ2n) is 1.97. The van der Waals surface area contributed by atoms with Crippen LogP contribution in [0.2, 0.25) is 12.1 Å². The fourth-order valence-electron chi connectivity index (χ4n) is 0.451. The monoisotopic (exact) mass is 156 g/mol. The summed E-state index contributed by atoms with van der Waals surface area (Å²) in [4.78, 5) is 0. The number of hydrogen-bond acceptors (Lipinski definition) is 0. The van der Waals surface area contributed by atoms with Crippen molar-refractivity contribution in [3.8, 4) is 0 Å². The Bertz CT molecular complexity index is 47.6. The summed E-state index contributed by atoms with van der Waals surface area (Å²) < 4.78 is 0. The average molecular weight is 156 g/mol. The zero-order valence-corrected chi connectivity index (χ0v) is 8.78. The van der Waals surface area contributed by atoms with E-state index in [-0.39, 0.29) is 7.83 Å². The highest BCUT2D eigenvalue weighted by Crippen LogP contribution is 2.09. The van der Waals surface area contributed by atoms with Crippen molar-refractivity contribution in [1.82, 2.24) is 0 Å². The maximum atomic E-state index is 3.76. The van der Waals surface area contributed by atoms with Crippen LogP contribution in [0.4, 0.5) is 0 Å². The van der Waals surface area contributed by atoms with Crippen LogP contribution in [0.15, 0.2) is 0 Å². The van der Waals surface area contributed by atoms with Crippen LogP contribution in [-0.2, 0) is 0 Å². The minimum absolute atomic E-state index is 0.124. The third-order valence-corrected chi connectivity index (χ3v) is 10.1. The second-order valence-corrected chi connectivity index (χ2v) is 10.5. The van der Waals surface area contributed by atoms with Gasteiger partial charge < -0.3 is 0 Å².